The first-order chi connectivity index (χ1) is 15.0. The highest BCUT2D eigenvalue weighted by molar-refractivity contribution is 7.99. The highest BCUT2D eigenvalue weighted by Gasteiger charge is 2.52. The second kappa shape index (κ2) is 8.86. The predicted molar refractivity (Wildman–Crippen MR) is 114 cm³/mol. The molecule has 31 heavy (non-hydrogen) atoms. The number of hydrogen-bond donors (Lipinski definition) is 2. The normalized spacial score (nSPS) is 18.3. The summed E-state index contributed by atoms with van der Waals surface area (Å²) in [5.41, 5.74) is 1.86. The zero-order chi connectivity index (χ0) is 21.8. The third-order valence-electron chi connectivity index (χ3n) is 4.84. The number of carbonyl (C=O) groups excluding carboxylic acids is 3. The van der Waals surface area contributed by atoms with Crippen molar-refractivity contribution >= 4 is 40.9 Å². The average Bonchev–Trinajstić information content (AvgIpc) is 3.51. The number of thiophene rings is 1. The summed E-state index contributed by atoms with van der Waals surface area (Å²) in [7, 11) is 0. The third kappa shape index (κ3) is 4.16. The van der Waals surface area contributed by atoms with E-state index in [4.69, 9.17) is 0 Å². The quantitative estimate of drug-likeness (QED) is 0.390. The van der Waals surface area contributed by atoms with Crippen molar-refractivity contribution in [2.24, 2.45) is 0 Å². The summed E-state index contributed by atoms with van der Waals surface area (Å²) in [5.74, 6) is -1.10. The summed E-state index contributed by atoms with van der Waals surface area (Å²) in [6.07, 6.45) is 0.347. The summed E-state index contributed by atoms with van der Waals surface area (Å²) >= 11 is 2.70. The molecular formula is C19H19N7O3S2. The van der Waals surface area contributed by atoms with Crippen molar-refractivity contribution in [1.82, 2.24) is 36.0 Å². The fourth-order valence-corrected chi connectivity index (χ4v) is 4.63. The molecule has 10 nitrogen and oxygen atoms in total. The van der Waals surface area contributed by atoms with Gasteiger partial charge in [0.05, 0.1) is 12.3 Å². The van der Waals surface area contributed by atoms with Crippen LogP contribution in [0.1, 0.15) is 23.8 Å². The molecule has 3 aromatic rings. The van der Waals surface area contributed by atoms with E-state index in [9.17, 15) is 14.4 Å². The molecule has 1 aliphatic rings. The van der Waals surface area contributed by atoms with E-state index < -0.39 is 23.4 Å². The van der Waals surface area contributed by atoms with Crippen molar-refractivity contribution in [1.29, 1.82) is 0 Å². The first-order valence-electron chi connectivity index (χ1n) is 9.46. The SMILES string of the molecule is CC[C@]1(c2ccccc2)NC(=O)N(NC(=O)CSc2nnnn2Cc2cccs2)C1=O. The summed E-state index contributed by atoms with van der Waals surface area (Å²) in [6, 6.07) is 12.2. The molecule has 1 aliphatic heterocycles. The molecule has 160 valence electrons. The van der Waals surface area contributed by atoms with Gasteiger partial charge in [0, 0.05) is 4.88 Å². The van der Waals surface area contributed by atoms with Crippen LogP contribution in [0.15, 0.2) is 53.0 Å². The van der Waals surface area contributed by atoms with Gasteiger partial charge in [0.2, 0.25) is 11.1 Å². The van der Waals surface area contributed by atoms with E-state index in [1.165, 1.54) is 0 Å². The van der Waals surface area contributed by atoms with Crippen LogP contribution < -0.4 is 10.7 Å². The minimum absolute atomic E-state index is 0.0632. The second-order valence-corrected chi connectivity index (χ2v) is 8.69. The Bertz CT molecular complexity index is 1090. The van der Waals surface area contributed by atoms with Gasteiger partial charge in [-0.15, -0.1) is 16.4 Å². The standard InChI is InChI=1S/C19H19N7O3S2/c1-2-19(13-7-4-3-5-8-13)16(28)26(17(29)20-19)22-15(27)12-31-18-21-23-24-25(18)11-14-9-6-10-30-14/h3-10H,2,11-12H2,1H3,(H,20,29)(H,22,27)/t19-/m1/s1. The van der Waals surface area contributed by atoms with Crippen molar-refractivity contribution in [2.45, 2.75) is 30.6 Å². The van der Waals surface area contributed by atoms with Gasteiger partial charge in [-0.2, -0.15) is 5.01 Å². The van der Waals surface area contributed by atoms with Crippen LogP contribution in [0, 0.1) is 0 Å². The van der Waals surface area contributed by atoms with Gasteiger partial charge in [-0.25, -0.2) is 9.48 Å². The smallest absolute Gasteiger partial charge is 0.318 e. The molecule has 0 saturated carbocycles. The van der Waals surface area contributed by atoms with Crippen LogP contribution in [0.2, 0.25) is 0 Å². The number of urea groups is 1. The Labute approximate surface area is 186 Å². The molecule has 1 atom stereocenters. The van der Waals surface area contributed by atoms with Crippen molar-refractivity contribution < 1.29 is 14.4 Å². The average molecular weight is 458 g/mol. The number of amides is 4. The van der Waals surface area contributed by atoms with Gasteiger partial charge in [0.15, 0.2) is 0 Å². The highest BCUT2D eigenvalue weighted by atomic mass is 32.2. The van der Waals surface area contributed by atoms with Crippen molar-refractivity contribution in [3.63, 3.8) is 0 Å². The van der Waals surface area contributed by atoms with E-state index in [2.05, 4.69) is 26.3 Å². The number of tetrazole rings is 1. The van der Waals surface area contributed by atoms with Gasteiger partial charge in [0.1, 0.15) is 5.54 Å². The third-order valence-corrected chi connectivity index (χ3v) is 6.66. The number of hydrazine groups is 1. The van der Waals surface area contributed by atoms with Gasteiger partial charge >= 0.3 is 6.03 Å². The minimum atomic E-state index is -1.20. The number of aromatic nitrogens is 4. The number of imide groups is 1. The van der Waals surface area contributed by atoms with Crippen LogP contribution in [0.5, 0.6) is 0 Å². The minimum Gasteiger partial charge on any atom is -0.318 e. The lowest BCUT2D eigenvalue weighted by atomic mass is 9.87. The Morgan fingerprint density at radius 2 is 2.03 bits per heavy atom. The molecular weight excluding hydrogens is 438 g/mol. The Morgan fingerprint density at radius 1 is 1.23 bits per heavy atom. The Balaban J connectivity index is 1.40. The fourth-order valence-electron chi connectivity index (χ4n) is 3.27. The number of thioether (sulfide) groups is 1. The fraction of sp³-hybridized carbons (Fsp3) is 0.263. The van der Waals surface area contributed by atoms with E-state index >= 15 is 0 Å². The van der Waals surface area contributed by atoms with Gasteiger partial charge in [-0.1, -0.05) is 55.1 Å². The van der Waals surface area contributed by atoms with Crippen molar-refractivity contribution in [3.05, 3.63) is 58.3 Å². The maximum atomic E-state index is 13.1. The molecule has 2 aromatic heterocycles. The highest BCUT2D eigenvalue weighted by Crippen LogP contribution is 2.31. The number of nitrogens with one attached hydrogen (secondary N) is 2. The van der Waals surface area contributed by atoms with Crippen LogP contribution >= 0.6 is 23.1 Å². The van der Waals surface area contributed by atoms with E-state index in [-0.39, 0.29) is 5.75 Å². The zero-order valence-electron chi connectivity index (χ0n) is 16.5. The maximum Gasteiger partial charge on any atom is 0.344 e. The lowest BCUT2D eigenvalue weighted by Crippen LogP contribution is -2.49. The number of rotatable bonds is 8. The molecule has 1 saturated heterocycles. The molecule has 4 rings (SSSR count). The number of nitrogens with zero attached hydrogens (tertiary/aromatic N) is 5. The molecule has 12 heteroatoms. The lowest BCUT2D eigenvalue weighted by Gasteiger charge is -2.25. The Hall–Kier alpha value is -3.25. The summed E-state index contributed by atoms with van der Waals surface area (Å²) in [6.45, 7) is 2.30. The number of hydrogen-bond acceptors (Lipinski definition) is 8. The van der Waals surface area contributed by atoms with E-state index in [0.29, 0.717) is 23.7 Å². The first-order valence-corrected chi connectivity index (χ1v) is 11.3. The summed E-state index contributed by atoms with van der Waals surface area (Å²) in [5, 5.41) is 17.4. The molecule has 4 amide bonds. The van der Waals surface area contributed by atoms with Gasteiger partial charge in [0.25, 0.3) is 5.91 Å². The molecule has 0 spiro atoms. The van der Waals surface area contributed by atoms with Gasteiger partial charge in [-0.05, 0) is 33.9 Å². The summed E-state index contributed by atoms with van der Waals surface area (Å²) in [4.78, 5) is 39.1. The van der Waals surface area contributed by atoms with Crippen LogP contribution in [0.25, 0.3) is 0 Å². The zero-order valence-corrected chi connectivity index (χ0v) is 18.2. The molecule has 0 unspecified atom stereocenters. The van der Waals surface area contributed by atoms with E-state index in [0.717, 1.165) is 21.6 Å². The monoisotopic (exact) mass is 457 g/mol. The van der Waals surface area contributed by atoms with Gasteiger partial charge < -0.3 is 5.32 Å². The summed E-state index contributed by atoms with van der Waals surface area (Å²) < 4.78 is 1.59. The predicted octanol–water partition coefficient (Wildman–Crippen LogP) is 1.76. The molecule has 0 bridgehead atoms. The molecule has 0 radical (unpaired) electrons. The van der Waals surface area contributed by atoms with E-state index in [1.807, 2.05) is 23.6 Å². The van der Waals surface area contributed by atoms with E-state index in [1.54, 1.807) is 47.2 Å². The Kier molecular flexibility index (Phi) is 6.00. The number of carbonyl (C=O) groups is 3. The maximum absolute atomic E-state index is 13.1. The van der Waals surface area contributed by atoms with Crippen molar-refractivity contribution in [2.75, 3.05) is 5.75 Å². The molecule has 2 N–H and O–H groups in total. The molecule has 0 aliphatic carbocycles. The first kappa shape index (κ1) is 21.0. The molecule has 1 fully saturated rings. The largest absolute Gasteiger partial charge is 0.344 e. The van der Waals surface area contributed by atoms with Gasteiger partial charge in [-0.3, -0.25) is 15.0 Å². The molecule has 3 heterocycles. The van der Waals surface area contributed by atoms with Crippen molar-refractivity contribution in [3.8, 4) is 0 Å². The van der Waals surface area contributed by atoms with Crippen LogP contribution in [0.3, 0.4) is 0 Å². The topological polar surface area (TPSA) is 122 Å². The van der Waals surface area contributed by atoms with Crippen LogP contribution in [-0.4, -0.2) is 48.8 Å². The second-order valence-electron chi connectivity index (χ2n) is 6.72. The van der Waals surface area contributed by atoms with Crippen LogP contribution in [-0.2, 0) is 21.7 Å². The molecule has 1 aromatic carbocycles. The number of benzene rings is 1. The lowest BCUT2D eigenvalue weighted by molar-refractivity contribution is -0.138. The van der Waals surface area contributed by atoms with Crippen LogP contribution in [0.4, 0.5) is 4.79 Å². The Morgan fingerprint density at radius 3 is 2.74 bits per heavy atom.